The van der Waals surface area contributed by atoms with Crippen molar-refractivity contribution in [3.8, 4) is 11.5 Å². The van der Waals surface area contributed by atoms with E-state index in [4.69, 9.17) is 14.2 Å². The molecule has 186 valence electrons. The Morgan fingerprint density at radius 1 is 0.943 bits per heavy atom. The van der Waals surface area contributed by atoms with Crippen LogP contribution in [-0.2, 0) is 17.8 Å². The van der Waals surface area contributed by atoms with Crippen LogP contribution >= 0.6 is 0 Å². The third kappa shape index (κ3) is 6.15. The molecule has 0 aliphatic rings. The van der Waals surface area contributed by atoms with Gasteiger partial charge in [-0.3, -0.25) is 0 Å². The zero-order valence-electron chi connectivity index (χ0n) is 21.2. The molecule has 8 heteroatoms. The third-order valence-electron chi connectivity index (χ3n) is 5.84. The first-order chi connectivity index (χ1) is 16.8. The molecule has 0 radical (unpaired) electrons. The van der Waals surface area contributed by atoms with Crippen molar-refractivity contribution in [3.63, 3.8) is 0 Å². The molecule has 2 aromatic carbocycles. The van der Waals surface area contributed by atoms with E-state index in [0.717, 1.165) is 27.9 Å². The molecule has 0 bridgehead atoms. The van der Waals surface area contributed by atoms with Crippen LogP contribution in [0.3, 0.4) is 0 Å². The second-order valence-corrected chi connectivity index (χ2v) is 8.29. The topological polar surface area (TPSA) is 92.9 Å². The molecule has 3 rings (SSSR count). The predicted molar refractivity (Wildman–Crippen MR) is 135 cm³/mol. The van der Waals surface area contributed by atoms with Gasteiger partial charge in [-0.15, -0.1) is 0 Å². The Bertz CT molecular complexity index is 1180. The van der Waals surface area contributed by atoms with Crippen LogP contribution in [0.25, 0.3) is 0 Å². The molecule has 0 unspecified atom stereocenters. The van der Waals surface area contributed by atoms with E-state index in [1.807, 2.05) is 45.0 Å². The molecule has 0 saturated heterocycles. The minimum Gasteiger partial charge on any atom is -0.493 e. The largest absolute Gasteiger partial charge is 0.493 e. The molecule has 8 nitrogen and oxygen atoms in total. The summed E-state index contributed by atoms with van der Waals surface area (Å²) in [6.45, 7) is 8.53. The standard InChI is InChI=1S/C27H33N3O5/c1-7-35-26(31)25-18(3)22(19(4)28-25)16-30(15-20-10-8-17(2)9-11-20)27(32)29-21-12-13-23(33-5)24(14-21)34-6/h8-14,28H,7,15-16H2,1-6H3,(H,29,32). The number of ether oxygens (including phenoxy) is 3. The molecule has 0 spiro atoms. The van der Waals surface area contributed by atoms with E-state index in [2.05, 4.69) is 10.3 Å². The van der Waals surface area contributed by atoms with Crippen LogP contribution in [0.4, 0.5) is 10.5 Å². The summed E-state index contributed by atoms with van der Waals surface area (Å²) in [7, 11) is 3.11. The number of urea groups is 1. The molecular formula is C27H33N3O5. The van der Waals surface area contributed by atoms with Crippen molar-refractivity contribution >= 4 is 17.7 Å². The van der Waals surface area contributed by atoms with E-state index in [1.54, 1.807) is 44.2 Å². The number of carbonyl (C=O) groups is 2. The van der Waals surface area contributed by atoms with Crippen LogP contribution in [-0.4, -0.2) is 42.7 Å². The van der Waals surface area contributed by atoms with Crippen LogP contribution in [0.2, 0.25) is 0 Å². The third-order valence-corrected chi connectivity index (χ3v) is 5.84. The number of aryl methyl sites for hydroxylation is 2. The Balaban J connectivity index is 1.90. The fourth-order valence-corrected chi connectivity index (χ4v) is 3.85. The average molecular weight is 480 g/mol. The van der Waals surface area contributed by atoms with Crippen molar-refractivity contribution in [1.29, 1.82) is 0 Å². The number of esters is 1. The van der Waals surface area contributed by atoms with Crippen molar-refractivity contribution in [1.82, 2.24) is 9.88 Å². The number of aromatic nitrogens is 1. The van der Waals surface area contributed by atoms with Crippen LogP contribution in [0.1, 0.15) is 45.4 Å². The van der Waals surface area contributed by atoms with Crippen LogP contribution in [0.15, 0.2) is 42.5 Å². The van der Waals surface area contributed by atoms with E-state index in [-0.39, 0.29) is 6.03 Å². The smallest absolute Gasteiger partial charge is 0.355 e. The number of anilines is 1. The number of hydrogen-bond acceptors (Lipinski definition) is 5. The van der Waals surface area contributed by atoms with Gasteiger partial charge in [0.05, 0.1) is 20.8 Å². The van der Waals surface area contributed by atoms with Crippen molar-refractivity contribution in [2.75, 3.05) is 26.1 Å². The number of nitrogens with zero attached hydrogens (tertiary/aromatic N) is 1. The average Bonchev–Trinajstić information content (AvgIpc) is 3.13. The highest BCUT2D eigenvalue weighted by atomic mass is 16.5. The number of amides is 2. The summed E-state index contributed by atoms with van der Waals surface area (Å²) >= 11 is 0. The molecule has 0 aliphatic heterocycles. The molecule has 0 atom stereocenters. The molecule has 2 amide bonds. The number of rotatable bonds is 9. The maximum Gasteiger partial charge on any atom is 0.355 e. The Hall–Kier alpha value is -3.94. The highest BCUT2D eigenvalue weighted by Gasteiger charge is 2.23. The van der Waals surface area contributed by atoms with Gasteiger partial charge in [0.15, 0.2) is 11.5 Å². The first-order valence-corrected chi connectivity index (χ1v) is 11.5. The Morgan fingerprint density at radius 3 is 2.26 bits per heavy atom. The number of aromatic amines is 1. The quantitative estimate of drug-likeness (QED) is 0.403. The van der Waals surface area contributed by atoms with Gasteiger partial charge in [-0.1, -0.05) is 29.8 Å². The highest BCUT2D eigenvalue weighted by molar-refractivity contribution is 5.91. The lowest BCUT2D eigenvalue weighted by Crippen LogP contribution is -2.34. The summed E-state index contributed by atoms with van der Waals surface area (Å²) in [5, 5.41) is 2.96. The molecule has 0 saturated carbocycles. The van der Waals surface area contributed by atoms with Crippen molar-refractivity contribution in [3.05, 3.63) is 76.1 Å². The van der Waals surface area contributed by atoms with E-state index in [1.165, 1.54) is 0 Å². The van der Waals surface area contributed by atoms with Crippen LogP contribution in [0.5, 0.6) is 11.5 Å². The highest BCUT2D eigenvalue weighted by Crippen LogP contribution is 2.30. The van der Waals surface area contributed by atoms with Gasteiger partial charge >= 0.3 is 12.0 Å². The van der Waals surface area contributed by atoms with Crippen LogP contribution in [0, 0.1) is 20.8 Å². The van der Waals surface area contributed by atoms with E-state index in [0.29, 0.717) is 42.6 Å². The zero-order valence-corrected chi connectivity index (χ0v) is 21.2. The SMILES string of the molecule is CCOC(=O)c1[nH]c(C)c(CN(Cc2ccc(C)cc2)C(=O)Nc2ccc(OC)c(OC)c2)c1C. The number of hydrogen-bond donors (Lipinski definition) is 2. The molecule has 1 aromatic heterocycles. The minimum absolute atomic E-state index is 0.282. The molecule has 35 heavy (non-hydrogen) atoms. The molecule has 3 aromatic rings. The zero-order chi connectivity index (χ0) is 25.5. The second kappa shape index (κ2) is 11.5. The Labute approximate surface area is 206 Å². The summed E-state index contributed by atoms with van der Waals surface area (Å²) < 4.78 is 15.8. The number of carbonyl (C=O) groups excluding carboxylic acids is 2. The Kier molecular flexibility index (Phi) is 8.41. The minimum atomic E-state index is -0.404. The lowest BCUT2D eigenvalue weighted by Gasteiger charge is -2.24. The fraction of sp³-hybridized carbons (Fsp3) is 0.333. The normalized spacial score (nSPS) is 10.6. The van der Waals surface area contributed by atoms with E-state index < -0.39 is 5.97 Å². The number of nitrogens with one attached hydrogen (secondary N) is 2. The van der Waals surface area contributed by atoms with E-state index >= 15 is 0 Å². The maximum absolute atomic E-state index is 13.4. The monoisotopic (exact) mass is 479 g/mol. The summed E-state index contributed by atoms with van der Waals surface area (Å²) in [6.07, 6.45) is 0. The number of methoxy groups -OCH3 is 2. The van der Waals surface area contributed by atoms with Gasteiger partial charge in [0.25, 0.3) is 0 Å². The lowest BCUT2D eigenvalue weighted by molar-refractivity contribution is 0.0519. The fourth-order valence-electron chi connectivity index (χ4n) is 3.85. The molecule has 0 fully saturated rings. The predicted octanol–water partition coefficient (Wildman–Crippen LogP) is 5.37. The van der Waals surface area contributed by atoms with Gasteiger partial charge in [0.1, 0.15) is 5.69 Å². The van der Waals surface area contributed by atoms with E-state index in [9.17, 15) is 9.59 Å². The van der Waals surface area contributed by atoms with Gasteiger partial charge in [0.2, 0.25) is 0 Å². The molecule has 0 aliphatic carbocycles. The van der Waals surface area contributed by atoms with Crippen molar-refractivity contribution in [2.45, 2.75) is 40.8 Å². The molecular weight excluding hydrogens is 446 g/mol. The summed E-state index contributed by atoms with van der Waals surface area (Å²) in [5.74, 6) is 0.693. The van der Waals surface area contributed by atoms with Gasteiger partial charge in [-0.25, -0.2) is 9.59 Å². The van der Waals surface area contributed by atoms with Gasteiger partial charge in [0, 0.05) is 30.5 Å². The summed E-state index contributed by atoms with van der Waals surface area (Å²) in [4.78, 5) is 30.6. The first kappa shape index (κ1) is 25.7. The second-order valence-electron chi connectivity index (χ2n) is 8.29. The summed E-state index contributed by atoms with van der Waals surface area (Å²) in [5.41, 5.74) is 5.60. The number of H-pyrrole nitrogens is 1. The summed E-state index contributed by atoms with van der Waals surface area (Å²) in [6, 6.07) is 13.0. The lowest BCUT2D eigenvalue weighted by atomic mass is 10.1. The number of benzene rings is 2. The Morgan fingerprint density at radius 2 is 1.63 bits per heavy atom. The first-order valence-electron chi connectivity index (χ1n) is 11.5. The maximum atomic E-state index is 13.4. The van der Waals surface area contributed by atoms with Crippen LogP contribution < -0.4 is 14.8 Å². The van der Waals surface area contributed by atoms with Crippen molar-refractivity contribution < 1.29 is 23.8 Å². The van der Waals surface area contributed by atoms with Gasteiger partial charge < -0.3 is 29.4 Å². The molecule has 1 heterocycles. The molecule has 2 N–H and O–H groups in total. The van der Waals surface area contributed by atoms with Crippen molar-refractivity contribution in [2.24, 2.45) is 0 Å². The van der Waals surface area contributed by atoms with Gasteiger partial charge in [-0.2, -0.15) is 0 Å². The van der Waals surface area contributed by atoms with Gasteiger partial charge in [-0.05, 0) is 56.5 Å².